The van der Waals surface area contributed by atoms with Crippen molar-refractivity contribution in [3.8, 4) is 0 Å². The molecule has 7 nitrogen and oxygen atoms in total. The summed E-state index contributed by atoms with van der Waals surface area (Å²) in [5.74, 6) is 0.810. The maximum atomic E-state index is 12.7. The van der Waals surface area contributed by atoms with E-state index < -0.39 is 11.7 Å². The minimum atomic E-state index is -0.987. The maximum Gasteiger partial charge on any atom is 0.258 e. The molecule has 1 aliphatic carbocycles. The van der Waals surface area contributed by atoms with Crippen molar-refractivity contribution in [2.24, 2.45) is 11.8 Å². The molecule has 1 amide bonds. The summed E-state index contributed by atoms with van der Waals surface area (Å²) in [6.07, 6.45) is 4.57. The molecule has 0 spiro atoms. The minimum Gasteiger partial charge on any atom is -0.393 e. The number of aryl methyl sites for hydroxylation is 1. The van der Waals surface area contributed by atoms with Crippen molar-refractivity contribution in [3.63, 3.8) is 0 Å². The van der Waals surface area contributed by atoms with E-state index in [0.29, 0.717) is 61.3 Å². The lowest BCUT2D eigenvalue weighted by atomic mass is 9.73. The number of aliphatic hydroxyl groups excluding tert-OH is 1. The Morgan fingerprint density at radius 3 is 2.63 bits per heavy atom. The van der Waals surface area contributed by atoms with Crippen LogP contribution in [0.5, 0.6) is 0 Å². The molecule has 0 unspecified atom stereocenters. The Morgan fingerprint density at radius 1 is 1.11 bits per heavy atom. The molecule has 204 valence electrons. The highest BCUT2D eigenvalue weighted by atomic mass is 16.3. The van der Waals surface area contributed by atoms with E-state index in [1.807, 2.05) is 43.3 Å². The van der Waals surface area contributed by atoms with Gasteiger partial charge in [0.05, 0.1) is 22.6 Å². The Morgan fingerprint density at radius 2 is 1.84 bits per heavy atom. The molecule has 0 aliphatic heterocycles. The number of nitrogens with zero attached hydrogens (tertiary/aromatic N) is 1. The molecule has 4 rings (SSSR count). The van der Waals surface area contributed by atoms with Crippen LogP contribution in [0.1, 0.15) is 76.1 Å². The summed E-state index contributed by atoms with van der Waals surface area (Å²) >= 11 is 0. The molecule has 3 aromatic rings. The summed E-state index contributed by atoms with van der Waals surface area (Å²) < 4.78 is 0. The molecule has 5 atom stereocenters. The Bertz CT molecular complexity index is 1260. The van der Waals surface area contributed by atoms with Crippen LogP contribution in [-0.4, -0.2) is 44.3 Å². The van der Waals surface area contributed by atoms with Gasteiger partial charge in [-0.05, 0) is 68.6 Å². The topological polar surface area (TPSA) is 115 Å². The van der Waals surface area contributed by atoms with E-state index in [4.69, 9.17) is 0 Å². The standard InChI is InChI=1S/C31H41N3O4/c1-21-15-16-24(31(2,38)19-23(18-25(35)17-21)22-9-4-3-5-10-22)20-32-29(36)14-8-13-28-33-27-12-7-6-11-26(27)30(37)34-28/h3-7,9-12,21,23-25,35,38H,8,13-20H2,1-2H3,(H,32,36)(H,33,34,37)/t21-,23-,24+,25+,31-/m1/s1. The van der Waals surface area contributed by atoms with Crippen molar-refractivity contribution in [3.05, 3.63) is 76.3 Å². The average molecular weight is 520 g/mol. The summed E-state index contributed by atoms with van der Waals surface area (Å²) in [5, 5.41) is 26.0. The summed E-state index contributed by atoms with van der Waals surface area (Å²) in [5.41, 5.74) is 0.635. The van der Waals surface area contributed by atoms with Crippen LogP contribution >= 0.6 is 0 Å². The van der Waals surface area contributed by atoms with Gasteiger partial charge in [-0.15, -0.1) is 0 Å². The van der Waals surface area contributed by atoms with Crippen molar-refractivity contribution in [2.75, 3.05) is 6.54 Å². The number of hydrogen-bond acceptors (Lipinski definition) is 5. The van der Waals surface area contributed by atoms with Crippen LogP contribution in [0.15, 0.2) is 59.4 Å². The van der Waals surface area contributed by atoms with E-state index in [-0.39, 0.29) is 23.3 Å². The first-order chi connectivity index (χ1) is 18.2. The van der Waals surface area contributed by atoms with Gasteiger partial charge >= 0.3 is 0 Å². The number of fused-ring (bicyclic) bond motifs is 1. The number of benzene rings is 2. The molecule has 7 heteroatoms. The van der Waals surface area contributed by atoms with Gasteiger partial charge in [0.25, 0.3) is 5.56 Å². The number of H-pyrrole nitrogens is 1. The van der Waals surface area contributed by atoms with Crippen LogP contribution in [0, 0.1) is 11.8 Å². The number of hydrogen-bond donors (Lipinski definition) is 4. The van der Waals surface area contributed by atoms with E-state index in [2.05, 4.69) is 34.3 Å². The molecule has 38 heavy (non-hydrogen) atoms. The first-order valence-corrected chi connectivity index (χ1v) is 13.9. The number of aliphatic hydroxyl groups is 2. The van der Waals surface area contributed by atoms with E-state index in [1.54, 1.807) is 6.07 Å². The van der Waals surface area contributed by atoms with Crippen molar-refractivity contribution in [2.45, 2.75) is 82.8 Å². The molecule has 1 aliphatic rings. The molecule has 1 heterocycles. The van der Waals surface area contributed by atoms with Gasteiger partial charge in [0.15, 0.2) is 0 Å². The Labute approximate surface area is 224 Å². The molecule has 1 aromatic heterocycles. The van der Waals surface area contributed by atoms with E-state index >= 15 is 0 Å². The lowest BCUT2D eigenvalue weighted by Crippen LogP contribution is -2.44. The summed E-state index contributed by atoms with van der Waals surface area (Å²) in [6.45, 7) is 4.44. The highest BCUT2D eigenvalue weighted by molar-refractivity contribution is 5.77. The monoisotopic (exact) mass is 519 g/mol. The van der Waals surface area contributed by atoms with Gasteiger partial charge in [0.1, 0.15) is 5.82 Å². The van der Waals surface area contributed by atoms with Crippen LogP contribution in [0.4, 0.5) is 0 Å². The van der Waals surface area contributed by atoms with E-state index in [1.165, 1.54) is 0 Å². The normalized spacial score (nSPS) is 26.6. The zero-order valence-electron chi connectivity index (χ0n) is 22.5. The third-order valence-electron chi connectivity index (χ3n) is 8.07. The number of aromatic nitrogens is 2. The van der Waals surface area contributed by atoms with Crippen LogP contribution in [0.2, 0.25) is 0 Å². The SMILES string of the molecule is C[C@@H]1CC[C@@H](CNC(=O)CCCc2nc3ccccc3c(=O)[nH]2)[C@](C)(O)C[C@H](c2ccccc2)C[C@@H](O)C1. The lowest BCUT2D eigenvalue weighted by Gasteiger charge is -2.38. The number of carbonyl (C=O) groups is 1. The predicted octanol–water partition coefficient (Wildman–Crippen LogP) is 4.47. The number of amides is 1. The van der Waals surface area contributed by atoms with Crippen LogP contribution in [0.3, 0.4) is 0 Å². The van der Waals surface area contributed by atoms with Crippen molar-refractivity contribution in [1.29, 1.82) is 0 Å². The fraction of sp³-hybridized carbons (Fsp3) is 0.516. The van der Waals surface area contributed by atoms with Gasteiger partial charge < -0.3 is 20.5 Å². The largest absolute Gasteiger partial charge is 0.393 e. The fourth-order valence-electron chi connectivity index (χ4n) is 5.85. The minimum absolute atomic E-state index is 0.0429. The molecule has 1 fully saturated rings. The second-order valence-corrected chi connectivity index (χ2v) is 11.4. The Balaban J connectivity index is 1.35. The van der Waals surface area contributed by atoms with Crippen molar-refractivity contribution < 1.29 is 15.0 Å². The number of rotatable bonds is 7. The summed E-state index contributed by atoms with van der Waals surface area (Å²) in [4.78, 5) is 32.3. The highest BCUT2D eigenvalue weighted by Crippen LogP contribution is 2.38. The molecule has 0 radical (unpaired) electrons. The van der Waals surface area contributed by atoms with Gasteiger partial charge in [-0.3, -0.25) is 9.59 Å². The second kappa shape index (κ2) is 12.7. The number of aromatic amines is 1. The molecular weight excluding hydrogens is 478 g/mol. The zero-order valence-corrected chi connectivity index (χ0v) is 22.5. The van der Waals surface area contributed by atoms with Gasteiger partial charge in [-0.1, -0.05) is 55.8 Å². The second-order valence-electron chi connectivity index (χ2n) is 11.4. The maximum absolute atomic E-state index is 12.7. The smallest absolute Gasteiger partial charge is 0.258 e. The van der Waals surface area contributed by atoms with Gasteiger partial charge in [0.2, 0.25) is 5.91 Å². The molecule has 2 aromatic carbocycles. The van der Waals surface area contributed by atoms with Crippen molar-refractivity contribution >= 4 is 16.8 Å². The van der Waals surface area contributed by atoms with Crippen LogP contribution in [-0.2, 0) is 11.2 Å². The highest BCUT2D eigenvalue weighted by Gasteiger charge is 2.36. The van der Waals surface area contributed by atoms with Crippen molar-refractivity contribution in [1.82, 2.24) is 15.3 Å². The quantitative estimate of drug-likeness (QED) is 0.368. The van der Waals surface area contributed by atoms with Crippen LogP contribution in [0.25, 0.3) is 10.9 Å². The Hall–Kier alpha value is -3.03. The van der Waals surface area contributed by atoms with Gasteiger partial charge in [0, 0.05) is 25.3 Å². The molecular formula is C31H41N3O4. The molecule has 4 N–H and O–H groups in total. The van der Waals surface area contributed by atoms with E-state index in [0.717, 1.165) is 24.8 Å². The number of carbonyl (C=O) groups excluding carboxylic acids is 1. The first kappa shape index (κ1) is 28.0. The lowest BCUT2D eigenvalue weighted by molar-refractivity contribution is -0.122. The fourth-order valence-corrected chi connectivity index (χ4v) is 5.85. The first-order valence-electron chi connectivity index (χ1n) is 13.9. The molecule has 0 saturated heterocycles. The predicted molar refractivity (Wildman–Crippen MR) is 150 cm³/mol. The van der Waals surface area contributed by atoms with E-state index in [9.17, 15) is 19.8 Å². The number of nitrogens with one attached hydrogen (secondary N) is 2. The third kappa shape index (κ3) is 7.51. The summed E-state index contributed by atoms with van der Waals surface area (Å²) in [7, 11) is 0. The number of para-hydroxylation sites is 1. The van der Waals surface area contributed by atoms with Gasteiger partial charge in [-0.25, -0.2) is 4.98 Å². The molecule has 1 saturated carbocycles. The molecule has 0 bridgehead atoms. The van der Waals surface area contributed by atoms with Crippen LogP contribution < -0.4 is 10.9 Å². The van der Waals surface area contributed by atoms with Gasteiger partial charge in [-0.2, -0.15) is 0 Å². The Kier molecular flexibility index (Phi) is 9.34. The summed E-state index contributed by atoms with van der Waals surface area (Å²) in [6, 6.07) is 17.3. The average Bonchev–Trinajstić information content (AvgIpc) is 2.88. The third-order valence-corrected chi connectivity index (χ3v) is 8.07. The zero-order chi connectivity index (χ0) is 27.1.